The summed E-state index contributed by atoms with van der Waals surface area (Å²) in [4.78, 5) is 12.9. The minimum Gasteiger partial charge on any atom is -0.443 e. The maximum atomic E-state index is 12.9. The van der Waals surface area contributed by atoms with E-state index in [2.05, 4.69) is 0 Å². The van der Waals surface area contributed by atoms with Gasteiger partial charge in [0, 0.05) is 10.4 Å². The van der Waals surface area contributed by atoms with Crippen molar-refractivity contribution in [2.45, 2.75) is 65.3 Å². The van der Waals surface area contributed by atoms with Crippen LogP contribution in [0.5, 0.6) is 0 Å². The molecule has 0 bridgehead atoms. The van der Waals surface area contributed by atoms with Crippen LogP contribution < -0.4 is 5.59 Å². The van der Waals surface area contributed by atoms with Crippen LogP contribution in [0.15, 0.2) is 24.3 Å². The Kier molecular flexibility index (Phi) is 4.45. The van der Waals surface area contributed by atoms with Gasteiger partial charge in [0.2, 0.25) is 0 Å². The Balaban J connectivity index is 2.13. The SMILES string of the molecule is CC(C)(C)OC(=O)n1c(B2OC(C)(C)C(C)(C)O2)cc2cc(Cl)ccc21. The lowest BCUT2D eigenvalue weighted by Crippen LogP contribution is -2.43. The van der Waals surface area contributed by atoms with E-state index in [1.54, 1.807) is 12.1 Å². The average molecular weight is 378 g/mol. The summed E-state index contributed by atoms with van der Waals surface area (Å²) >= 11 is 6.13. The molecule has 2 heterocycles. The van der Waals surface area contributed by atoms with Crippen molar-refractivity contribution in [3.8, 4) is 0 Å². The van der Waals surface area contributed by atoms with Gasteiger partial charge in [-0.05, 0) is 72.7 Å². The van der Waals surface area contributed by atoms with E-state index in [0.717, 1.165) is 5.39 Å². The maximum absolute atomic E-state index is 12.9. The highest BCUT2D eigenvalue weighted by Crippen LogP contribution is 2.37. The lowest BCUT2D eigenvalue weighted by atomic mass is 9.84. The highest BCUT2D eigenvalue weighted by molar-refractivity contribution is 6.62. The summed E-state index contributed by atoms with van der Waals surface area (Å²) < 4.78 is 19.4. The molecule has 140 valence electrons. The fraction of sp³-hybridized carbons (Fsp3) is 0.526. The van der Waals surface area contributed by atoms with Crippen molar-refractivity contribution in [3.63, 3.8) is 0 Å². The molecule has 0 atom stereocenters. The zero-order valence-corrected chi connectivity index (χ0v) is 17.1. The second-order valence-electron chi connectivity index (χ2n) is 8.68. The molecule has 0 aliphatic carbocycles. The molecule has 1 aromatic heterocycles. The first-order valence-electron chi connectivity index (χ1n) is 8.71. The molecule has 7 heteroatoms. The summed E-state index contributed by atoms with van der Waals surface area (Å²) in [5, 5.41) is 1.42. The van der Waals surface area contributed by atoms with Gasteiger partial charge in [-0.2, -0.15) is 0 Å². The van der Waals surface area contributed by atoms with Crippen LogP contribution in [-0.2, 0) is 14.0 Å². The number of nitrogens with zero attached hydrogens (tertiary/aromatic N) is 1. The Bertz CT molecular complexity index is 850. The fourth-order valence-electron chi connectivity index (χ4n) is 2.86. The molecule has 0 radical (unpaired) electrons. The quantitative estimate of drug-likeness (QED) is 0.692. The van der Waals surface area contributed by atoms with Gasteiger partial charge in [-0.3, -0.25) is 4.57 Å². The number of hydrogen-bond acceptors (Lipinski definition) is 4. The standard InChI is InChI=1S/C19H25BClNO4/c1-17(2,3)24-16(23)22-14-9-8-13(21)10-12(14)11-15(22)20-25-18(4,5)19(6,7)26-20/h8-11H,1-7H3. The second kappa shape index (κ2) is 6.01. The number of hydrogen-bond donors (Lipinski definition) is 0. The Morgan fingerprint density at radius 2 is 1.69 bits per heavy atom. The number of benzene rings is 1. The lowest BCUT2D eigenvalue weighted by molar-refractivity contribution is 0.00578. The van der Waals surface area contributed by atoms with Gasteiger partial charge in [-0.25, -0.2) is 4.79 Å². The van der Waals surface area contributed by atoms with Crippen molar-refractivity contribution in [2.75, 3.05) is 0 Å². The number of ether oxygens (including phenoxy) is 1. The Morgan fingerprint density at radius 3 is 2.23 bits per heavy atom. The van der Waals surface area contributed by atoms with Crippen molar-refractivity contribution in [2.24, 2.45) is 0 Å². The van der Waals surface area contributed by atoms with Gasteiger partial charge in [-0.15, -0.1) is 0 Å². The van der Waals surface area contributed by atoms with Gasteiger partial charge >= 0.3 is 13.2 Å². The average Bonchev–Trinajstić information content (AvgIpc) is 2.91. The van der Waals surface area contributed by atoms with Crippen molar-refractivity contribution >= 4 is 41.3 Å². The van der Waals surface area contributed by atoms with Gasteiger partial charge in [0.05, 0.1) is 22.3 Å². The molecule has 5 nitrogen and oxygen atoms in total. The molecule has 1 fully saturated rings. The number of carbonyl (C=O) groups excluding carboxylic acids is 1. The highest BCUT2D eigenvalue weighted by Gasteiger charge is 2.53. The first kappa shape index (κ1) is 19.3. The first-order valence-corrected chi connectivity index (χ1v) is 9.08. The van der Waals surface area contributed by atoms with E-state index >= 15 is 0 Å². The summed E-state index contributed by atoms with van der Waals surface area (Å²) in [7, 11) is -0.682. The fourth-order valence-corrected chi connectivity index (χ4v) is 3.04. The number of carbonyl (C=O) groups is 1. The van der Waals surface area contributed by atoms with Crippen molar-refractivity contribution in [3.05, 3.63) is 29.3 Å². The van der Waals surface area contributed by atoms with E-state index in [1.165, 1.54) is 4.57 Å². The van der Waals surface area contributed by atoms with Crippen LogP contribution in [0.1, 0.15) is 48.5 Å². The molecule has 0 N–H and O–H groups in total. The third-order valence-electron chi connectivity index (χ3n) is 4.86. The van der Waals surface area contributed by atoms with E-state index < -0.39 is 30.0 Å². The van der Waals surface area contributed by atoms with Crippen LogP contribution in [0.25, 0.3) is 10.9 Å². The van der Waals surface area contributed by atoms with E-state index in [0.29, 0.717) is 16.1 Å². The lowest BCUT2D eigenvalue weighted by Gasteiger charge is -2.32. The van der Waals surface area contributed by atoms with Gasteiger partial charge in [0.15, 0.2) is 0 Å². The van der Waals surface area contributed by atoms with Crippen LogP contribution in [0.3, 0.4) is 0 Å². The molecular weight excluding hydrogens is 352 g/mol. The van der Waals surface area contributed by atoms with Crippen LogP contribution in [0.2, 0.25) is 5.02 Å². The van der Waals surface area contributed by atoms with E-state index in [9.17, 15) is 4.79 Å². The summed E-state index contributed by atoms with van der Waals surface area (Å²) in [5.74, 6) is 0. The Hall–Kier alpha value is -1.50. The van der Waals surface area contributed by atoms with Crippen molar-refractivity contribution in [1.29, 1.82) is 0 Å². The third-order valence-corrected chi connectivity index (χ3v) is 5.10. The predicted octanol–water partition coefficient (Wildman–Crippen LogP) is 4.38. The van der Waals surface area contributed by atoms with Gasteiger partial charge in [0.1, 0.15) is 5.60 Å². The minimum atomic E-state index is -0.682. The molecule has 1 saturated heterocycles. The van der Waals surface area contributed by atoms with Crippen molar-refractivity contribution < 1.29 is 18.8 Å². The molecule has 0 amide bonds. The van der Waals surface area contributed by atoms with Crippen LogP contribution >= 0.6 is 11.6 Å². The third kappa shape index (κ3) is 3.38. The normalized spacial score (nSPS) is 19.2. The summed E-state index contributed by atoms with van der Waals surface area (Å²) in [5.41, 5.74) is -0.342. The van der Waals surface area contributed by atoms with E-state index in [4.69, 9.17) is 25.6 Å². The zero-order valence-electron chi connectivity index (χ0n) is 16.3. The predicted molar refractivity (Wildman–Crippen MR) is 104 cm³/mol. The largest absolute Gasteiger partial charge is 0.513 e. The second-order valence-corrected chi connectivity index (χ2v) is 9.11. The summed E-state index contributed by atoms with van der Waals surface area (Å²) in [6.45, 7) is 13.4. The van der Waals surface area contributed by atoms with Crippen molar-refractivity contribution in [1.82, 2.24) is 4.57 Å². The van der Waals surface area contributed by atoms with Gasteiger partial charge < -0.3 is 14.0 Å². The molecule has 0 spiro atoms. The number of rotatable bonds is 1. The molecule has 1 aliphatic heterocycles. The van der Waals surface area contributed by atoms with Crippen LogP contribution in [0, 0.1) is 0 Å². The molecule has 0 saturated carbocycles. The minimum absolute atomic E-state index is 0.473. The monoisotopic (exact) mass is 377 g/mol. The molecular formula is C19H25BClNO4. The number of aromatic nitrogens is 1. The smallest absolute Gasteiger partial charge is 0.443 e. The molecule has 1 aliphatic rings. The van der Waals surface area contributed by atoms with E-state index in [-0.39, 0.29) is 0 Å². The number of halogens is 1. The van der Waals surface area contributed by atoms with Gasteiger partial charge in [-0.1, -0.05) is 11.6 Å². The molecule has 1 aromatic carbocycles. The maximum Gasteiger partial charge on any atom is 0.513 e. The molecule has 2 aromatic rings. The summed E-state index contributed by atoms with van der Waals surface area (Å²) in [6.07, 6.45) is -0.473. The Labute approximate surface area is 159 Å². The Morgan fingerprint density at radius 1 is 1.12 bits per heavy atom. The first-order chi connectivity index (χ1) is 11.8. The highest BCUT2D eigenvalue weighted by atomic mass is 35.5. The van der Waals surface area contributed by atoms with Crippen LogP contribution in [0.4, 0.5) is 4.79 Å². The molecule has 3 rings (SSSR count). The molecule has 0 unspecified atom stereocenters. The van der Waals surface area contributed by atoms with Crippen LogP contribution in [-0.4, -0.2) is 34.6 Å². The summed E-state index contributed by atoms with van der Waals surface area (Å²) in [6, 6.07) is 7.23. The van der Waals surface area contributed by atoms with Gasteiger partial charge in [0.25, 0.3) is 0 Å². The zero-order chi connectivity index (χ0) is 19.5. The molecule has 26 heavy (non-hydrogen) atoms. The van der Waals surface area contributed by atoms with E-state index in [1.807, 2.05) is 60.6 Å². The topological polar surface area (TPSA) is 49.7 Å². The number of fused-ring (bicyclic) bond motifs is 1.